The predicted octanol–water partition coefficient (Wildman–Crippen LogP) is 1.96. The van der Waals surface area contributed by atoms with Gasteiger partial charge in [0.2, 0.25) is 0 Å². The minimum atomic E-state index is -1.84. The van der Waals surface area contributed by atoms with Gasteiger partial charge in [-0.1, -0.05) is 44.2 Å². The van der Waals surface area contributed by atoms with Crippen LogP contribution in [0, 0.1) is 5.92 Å². The summed E-state index contributed by atoms with van der Waals surface area (Å²) in [5, 5.41) is 19.5. The number of rotatable bonds is 8. The zero-order valence-electron chi connectivity index (χ0n) is 12.2. The van der Waals surface area contributed by atoms with Crippen LogP contribution in [0.2, 0.25) is 0 Å². The highest BCUT2D eigenvalue weighted by Gasteiger charge is 2.42. The monoisotopic (exact) mass is 281 g/mol. The molecule has 5 nitrogen and oxygen atoms in total. The summed E-state index contributed by atoms with van der Waals surface area (Å²) in [6.07, 6.45) is 0.158. The molecule has 0 heterocycles. The number of hydrogen-bond donors (Lipinski definition) is 3. The Morgan fingerprint density at radius 1 is 1.30 bits per heavy atom. The molecule has 0 radical (unpaired) electrons. The topological polar surface area (TPSA) is 78.8 Å². The molecule has 1 unspecified atom stereocenters. The highest BCUT2D eigenvalue weighted by Crippen LogP contribution is 2.21. The Kier molecular flexibility index (Phi) is 6.13. The van der Waals surface area contributed by atoms with Crippen molar-refractivity contribution >= 4 is 5.97 Å². The van der Waals surface area contributed by atoms with Crippen molar-refractivity contribution < 1.29 is 19.8 Å². The van der Waals surface area contributed by atoms with E-state index in [4.69, 9.17) is 4.84 Å². The van der Waals surface area contributed by atoms with Gasteiger partial charge in [0.25, 0.3) is 0 Å². The second kappa shape index (κ2) is 7.38. The molecule has 0 fully saturated rings. The Bertz CT molecular complexity index is 421. The summed E-state index contributed by atoms with van der Waals surface area (Å²) >= 11 is 0. The molecule has 2 atom stereocenters. The van der Waals surface area contributed by atoms with E-state index in [-0.39, 0.29) is 12.3 Å². The lowest BCUT2D eigenvalue weighted by atomic mass is 9.87. The van der Waals surface area contributed by atoms with E-state index in [0.717, 1.165) is 5.56 Å². The van der Waals surface area contributed by atoms with Gasteiger partial charge in [0.1, 0.15) is 0 Å². The first-order valence-electron chi connectivity index (χ1n) is 6.73. The fourth-order valence-corrected chi connectivity index (χ4v) is 1.99. The minimum Gasteiger partial charge on any atom is -0.479 e. The maximum absolute atomic E-state index is 11.3. The van der Waals surface area contributed by atoms with Crippen LogP contribution in [0.25, 0.3) is 0 Å². The van der Waals surface area contributed by atoms with E-state index >= 15 is 0 Å². The molecular weight excluding hydrogens is 258 g/mol. The lowest BCUT2D eigenvalue weighted by Gasteiger charge is -2.31. The lowest BCUT2D eigenvalue weighted by molar-refractivity contribution is -0.169. The number of hydroxylamine groups is 1. The molecule has 0 aliphatic carbocycles. The number of carboxylic acid groups (broad SMARTS) is 1. The van der Waals surface area contributed by atoms with E-state index in [2.05, 4.69) is 5.48 Å². The van der Waals surface area contributed by atoms with Crippen LogP contribution in [0.1, 0.15) is 32.8 Å². The second-order valence-electron chi connectivity index (χ2n) is 5.44. The minimum absolute atomic E-state index is 0.0643. The van der Waals surface area contributed by atoms with Crippen molar-refractivity contribution in [2.45, 2.75) is 45.4 Å². The molecule has 0 aromatic heterocycles. The molecule has 1 aromatic rings. The molecule has 0 amide bonds. The van der Waals surface area contributed by atoms with Crippen LogP contribution < -0.4 is 5.48 Å². The van der Waals surface area contributed by atoms with Gasteiger partial charge >= 0.3 is 5.97 Å². The zero-order chi connectivity index (χ0) is 15.2. The van der Waals surface area contributed by atoms with Gasteiger partial charge in [0, 0.05) is 0 Å². The Hall–Kier alpha value is -1.43. The highest BCUT2D eigenvalue weighted by molar-refractivity contribution is 5.78. The highest BCUT2D eigenvalue weighted by atomic mass is 16.6. The molecule has 0 aliphatic rings. The first-order chi connectivity index (χ1) is 9.36. The number of aliphatic hydroxyl groups is 1. The number of hydrogen-bond acceptors (Lipinski definition) is 4. The van der Waals surface area contributed by atoms with Gasteiger partial charge in [0.05, 0.1) is 12.6 Å². The van der Waals surface area contributed by atoms with E-state index in [1.165, 1.54) is 0 Å². The number of benzene rings is 1. The van der Waals surface area contributed by atoms with E-state index < -0.39 is 17.6 Å². The fourth-order valence-electron chi connectivity index (χ4n) is 1.99. The lowest BCUT2D eigenvalue weighted by Crippen LogP contribution is -2.55. The van der Waals surface area contributed by atoms with Gasteiger partial charge in [-0.2, -0.15) is 5.48 Å². The molecule has 5 heteroatoms. The van der Waals surface area contributed by atoms with Crippen LogP contribution in [-0.4, -0.2) is 27.8 Å². The average Bonchev–Trinajstić information content (AvgIpc) is 2.38. The SMILES string of the molecule is CC(C)C[C@@](O)(C(=O)O)C(C)NOCc1ccccc1. The van der Waals surface area contributed by atoms with Crippen molar-refractivity contribution in [3.63, 3.8) is 0 Å². The third-order valence-corrected chi connectivity index (χ3v) is 3.15. The summed E-state index contributed by atoms with van der Waals surface area (Å²) in [7, 11) is 0. The number of carbonyl (C=O) groups is 1. The summed E-state index contributed by atoms with van der Waals surface area (Å²) in [6.45, 7) is 5.64. The number of aliphatic carboxylic acids is 1. The van der Waals surface area contributed by atoms with E-state index in [1.807, 2.05) is 44.2 Å². The first kappa shape index (κ1) is 16.6. The summed E-state index contributed by atoms with van der Waals surface area (Å²) < 4.78 is 0. The molecule has 1 rings (SSSR count). The van der Waals surface area contributed by atoms with E-state index in [1.54, 1.807) is 6.92 Å². The van der Waals surface area contributed by atoms with Crippen LogP contribution >= 0.6 is 0 Å². The van der Waals surface area contributed by atoms with Crippen molar-refractivity contribution in [3.8, 4) is 0 Å². The standard InChI is InChI=1S/C15H23NO4/c1-11(2)9-15(19,14(17)18)12(3)16-20-10-13-7-5-4-6-8-13/h4-8,11-12,16,19H,9-10H2,1-3H3,(H,17,18)/t12?,15-/m0/s1. The Morgan fingerprint density at radius 2 is 1.90 bits per heavy atom. The second-order valence-corrected chi connectivity index (χ2v) is 5.44. The molecule has 0 bridgehead atoms. The average molecular weight is 281 g/mol. The van der Waals surface area contributed by atoms with Crippen molar-refractivity contribution in [1.82, 2.24) is 5.48 Å². The molecule has 0 aliphatic heterocycles. The number of nitrogens with one attached hydrogen (secondary N) is 1. The third-order valence-electron chi connectivity index (χ3n) is 3.15. The summed E-state index contributed by atoms with van der Waals surface area (Å²) in [4.78, 5) is 16.6. The van der Waals surface area contributed by atoms with Gasteiger partial charge in [-0.15, -0.1) is 0 Å². The Morgan fingerprint density at radius 3 is 2.40 bits per heavy atom. The van der Waals surface area contributed by atoms with Crippen LogP contribution in [0.4, 0.5) is 0 Å². The van der Waals surface area contributed by atoms with Crippen LogP contribution in [0.5, 0.6) is 0 Å². The van der Waals surface area contributed by atoms with Crippen molar-refractivity contribution in [1.29, 1.82) is 0 Å². The molecule has 3 N–H and O–H groups in total. The fraction of sp³-hybridized carbons (Fsp3) is 0.533. The first-order valence-corrected chi connectivity index (χ1v) is 6.73. The normalized spacial score (nSPS) is 15.8. The van der Waals surface area contributed by atoms with Crippen LogP contribution in [0.15, 0.2) is 30.3 Å². The van der Waals surface area contributed by atoms with Crippen LogP contribution in [0.3, 0.4) is 0 Å². The van der Waals surface area contributed by atoms with E-state index in [9.17, 15) is 15.0 Å². The molecular formula is C15H23NO4. The van der Waals surface area contributed by atoms with Crippen LogP contribution in [-0.2, 0) is 16.2 Å². The van der Waals surface area contributed by atoms with Gasteiger partial charge in [0.15, 0.2) is 5.60 Å². The van der Waals surface area contributed by atoms with Crippen molar-refractivity contribution in [3.05, 3.63) is 35.9 Å². The van der Waals surface area contributed by atoms with Gasteiger partial charge in [-0.3, -0.25) is 4.84 Å². The predicted molar refractivity (Wildman–Crippen MR) is 75.9 cm³/mol. The quantitative estimate of drug-likeness (QED) is 0.635. The molecule has 1 aromatic carbocycles. The molecule has 0 saturated heterocycles. The smallest absolute Gasteiger partial charge is 0.337 e. The maximum Gasteiger partial charge on any atom is 0.337 e. The Balaban J connectivity index is 2.54. The zero-order valence-corrected chi connectivity index (χ0v) is 12.2. The summed E-state index contributed by atoms with van der Waals surface area (Å²) in [5.74, 6) is -1.18. The summed E-state index contributed by atoms with van der Waals surface area (Å²) in [5.41, 5.74) is 1.75. The van der Waals surface area contributed by atoms with Gasteiger partial charge in [-0.05, 0) is 24.8 Å². The number of carboxylic acids is 1. The van der Waals surface area contributed by atoms with Gasteiger partial charge in [-0.25, -0.2) is 4.79 Å². The summed E-state index contributed by atoms with van der Waals surface area (Å²) in [6, 6.07) is 8.80. The van der Waals surface area contributed by atoms with Gasteiger partial charge < -0.3 is 10.2 Å². The maximum atomic E-state index is 11.3. The molecule has 0 saturated carbocycles. The molecule has 0 spiro atoms. The van der Waals surface area contributed by atoms with E-state index in [0.29, 0.717) is 6.61 Å². The third kappa shape index (κ3) is 4.59. The molecule has 112 valence electrons. The van der Waals surface area contributed by atoms with Crippen molar-refractivity contribution in [2.75, 3.05) is 0 Å². The molecule has 20 heavy (non-hydrogen) atoms. The largest absolute Gasteiger partial charge is 0.479 e. The Labute approximate surface area is 119 Å². The van der Waals surface area contributed by atoms with Crippen molar-refractivity contribution in [2.24, 2.45) is 5.92 Å².